The highest BCUT2D eigenvalue weighted by atomic mass is 15.2. The van der Waals surface area contributed by atoms with Gasteiger partial charge in [-0.1, -0.05) is 33.6 Å². The molecule has 2 heteroatoms. The molecular weight excluding hydrogens is 208 g/mol. The summed E-state index contributed by atoms with van der Waals surface area (Å²) >= 11 is 0. The first-order chi connectivity index (χ1) is 8.05. The topological polar surface area (TPSA) is 29.3 Å². The zero-order chi connectivity index (χ0) is 12.9. The summed E-state index contributed by atoms with van der Waals surface area (Å²) in [5.41, 5.74) is 6.63. The molecule has 0 amide bonds. The Hall–Kier alpha value is -0.0800. The molecule has 0 heterocycles. The van der Waals surface area contributed by atoms with E-state index in [0.29, 0.717) is 11.6 Å². The predicted molar refractivity (Wildman–Crippen MR) is 76.2 cm³/mol. The van der Waals surface area contributed by atoms with Gasteiger partial charge in [0.1, 0.15) is 0 Å². The van der Waals surface area contributed by atoms with Crippen LogP contribution in [0.2, 0.25) is 0 Å². The third-order valence-electron chi connectivity index (χ3n) is 4.66. The molecule has 17 heavy (non-hydrogen) atoms. The first-order valence-corrected chi connectivity index (χ1v) is 7.56. The van der Waals surface area contributed by atoms with Crippen molar-refractivity contribution < 1.29 is 0 Å². The van der Waals surface area contributed by atoms with Gasteiger partial charge in [-0.25, -0.2) is 0 Å². The lowest BCUT2D eigenvalue weighted by atomic mass is 9.94. The Kier molecular flexibility index (Phi) is 5.94. The highest BCUT2D eigenvalue weighted by molar-refractivity contribution is 4.94. The van der Waals surface area contributed by atoms with Crippen LogP contribution in [0, 0.1) is 5.92 Å². The summed E-state index contributed by atoms with van der Waals surface area (Å²) in [6.45, 7) is 11.5. The minimum absolute atomic E-state index is 0.359. The van der Waals surface area contributed by atoms with Crippen molar-refractivity contribution in [1.29, 1.82) is 0 Å². The van der Waals surface area contributed by atoms with Crippen LogP contribution < -0.4 is 5.73 Å². The van der Waals surface area contributed by atoms with E-state index in [2.05, 4.69) is 32.6 Å². The summed E-state index contributed by atoms with van der Waals surface area (Å²) in [7, 11) is 0. The maximum Gasteiger partial charge on any atom is 0.0184 e. The van der Waals surface area contributed by atoms with Gasteiger partial charge in [0.15, 0.2) is 0 Å². The normalized spacial score (nSPS) is 31.1. The van der Waals surface area contributed by atoms with Gasteiger partial charge in [0, 0.05) is 18.1 Å². The molecule has 1 fully saturated rings. The first kappa shape index (κ1) is 15.0. The second kappa shape index (κ2) is 6.75. The lowest BCUT2D eigenvalue weighted by Gasteiger charge is -2.39. The molecule has 1 rings (SSSR count). The molecule has 2 unspecified atom stereocenters. The molecule has 0 spiro atoms. The molecule has 2 nitrogen and oxygen atoms in total. The van der Waals surface area contributed by atoms with E-state index in [1.54, 1.807) is 0 Å². The lowest BCUT2D eigenvalue weighted by molar-refractivity contribution is 0.102. The maximum atomic E-state index is 6.21. The average Bonchev–Trinajstić information content (AvgIpc) is 2.69. The maximum absolute atomic E-state index is 6.21. The molecule has 0 radical (unpaired) electrons. The van der Waals surface area contributed by atoms with Gasteiger partial charge >= 0.3 is 0 Å². The molecule has 1 aliphatic carbocycles. The fraction of sp³-hybridized carbons (Fsp3) is 1.00. The van der Waals surface area contributed by atoms with Crippen molar-refractivity contribution in [3.63, 3.8) is 0 Å². The van der Waals surface area contributed by atoms with Crippen molar-refractivity contribution in [3.8, 4) is 0 Å². The summed E-state index contributed by atoms with van der Waals surface area (Å²) in [4.78, 5) is 2.64. The minimum Gasteiger partial charge on any atom is -0.327 e. The largest absolute Gasteiger partial charge is 0.327 e. The van der Waals surface area contributed by atoms with Crippen LogP contribution in [0.25, 0.3) is 0 Å². The summed E-state index contributed by atoms with van der Waals surface area (Å²) < 4.78 is 0. The van der Waals surface area contributed by atoms with Crippen molar-refractivity contribution in [2.75, 3.05) is 13.1 Å². The van der Waals surface area contributed by atoms with E-state index in [1.807, 2.05) is 0 Å². The third-order valence-corrected chi connectivity index (χ3v) is 4.66. The number of nitrogens with zero attached hydrogens (tertiary/aromatic N) is 1. The van der Waals surface area contributed by atoms with Gasteiger partial charge in [0.05, 0.1) is 0 Å². The molecular formula is C15H32N2. The minimum atomic E-state index is 0.359. The Morgan fingerprint density at radius 1 is 1.35 bits per heavy atom. The Morgan fingerprint density at radius 3 is 2.53 bits per heavy atom. The summed E-state index contributed by atoms with van der Waals surface area (Å²) in [5.74, 6) is 0.941. The first-order valence-electron chi connectivity index (χ1n) is 7.56. The van der Waals surface area contributed by atoms with E-state index in [0.717, 1.165) is 25.4 Å². The van der Waals surface area contributed by atoms with Gasteiger partial charge in [-0.3, -0.25) is 4.90 Å². The van der Waals surface area contributed by atoms with Gasteiger partial charge < -0.3 is 5.73 Å². The smallest absolute Gasteiger partial charge is 0.0184 e. The molecule has 1 saturated carbocycles. The van der Waals surface area contributed by atoms with Crippen molar-refractivity contribution in [2.45, 2.75) is 77.8 Å². The van der Waals surface area contributed by atoms with E-state index < -0.39 is 0 Å². The standard InChI is InChI=1S/C15H32N2/c1-5-8-14(16)12-17(7-3)15(4)10-9-13(6-2)11-15/h13-14H,5-12,16H2,1-4H3/t13-,14?,15?/m0/s1. The van der Waals surface area contributed by atoms with E-state index in [9.17, 15) is 0 Å². The second-order valence-corrected chi connectivity index (χ2v) is 6.10. The van der Waals surface area contributed by atoms with E-state index in [4.69, 9.17) is 5.73 Å². The highest BCUT2D eigenvalue weighted by Gasteiger charge is 2.38. The molecule has 0 bridgehead atoms. The van der Waals surface area contributed by atoms with Crippen molar-refractivity contribution >= 4 is 0 Å². The van der Waals surface area contributed by atoms with E-state index in [1.165, 1.54) is 32.1 Å². The van der Waals surface area contributed by atoms with Crippen LogP contribution in [0.5, 0.6) is 0 Å². The Bertz CT molecular complexity index is 217. The Balaban J connectivity index is 2.54. The molecule has 0 saturated heterocycles. The predicted octanol–water partition coefficient (Wildman–Crippen LogP) is 3.40. The highest BCUT2D eigenvalue weighted by Crippen LogP contribution is 2.40. The molecule has 0 aromatic carbocycles. The quantitative estimate of drug-likeness (QED) is 0.739. The molecule has 102 valence electrons. The number of likely N-dealkylation sites (N-methyl/N-ethyl adjacent to an activating group) is 1. The van der Waals surface area contributed by atoms with Crippen LogP contribution >= 0.6 is 0 Å². The summed E-state index contributed by atoms with van der Waals surface area (Å²) in [5, 5.41) is 0. The second-order valence-electron chi connectivity index (χ2n) is 6.10. The van der Waals surface area contributed by atoms with Gasteiger partial charge in [-0.05, 0) is 45.1 Å². The van der Waals surface area contributed by atoms with Crippen molar-refractivity contribution in [1.82, 2.24) is 4.90 Å². The summed E-state index contributed by atoms with van der Waals surface area (Å²) in [6.07, 6.45) is 7.84. The zero-order valence-electron chi connectivity index (χ0n) is 12.3. The number of hydrogen-bond acceptors (Lipinski definition) is 2. The van der Waals surface area contributed by atoms with Crippen LogP contribution in [0.15, 0.2) is 0 Å². The molecule has 0 aromatic heterocycles. The van der Waals surface area contributed by atoms with Gasteiger partial charge in [0.25, 0.3) is 0 Å². The molecule has 0 aromatic rings. The van der Waals surface area contributed by atoms with Gasteiger partial charge in [0.2, 0.25) is 0 Å². The van der Waals surface area contributed by atoms with Crippen LogP contribution in [-0.2, 0) is 0 Å². The number of nitrogens with two attached hydrogens (primary N) is 1. The Labute approximate surface area is 108 Å². The van der Waals surface area contributed by atoms with Crippen molar-refractivity contribution in [2.24, 2.45) is 11.7 Å². The fourth-order valence-corrected chi connectivity index (χ4v) is 3.45. The van der Waals surface area contributed by atoms with E-state index >= 15 is 0 Å². The fourth-order valence-electron chi connectivity index (χ4n) is 3.45. The summed E-state index contributed by atoms with van der Waals surface area (Å²) in [6, 6.07) is 0.359. The molecule has 2 N–H and O–H groups in total. The van der Waals surface area contributed by atoms with Crippen LogP contribution in [0.3, 0.4) is 0 Å². The lowest BCUT2D eigenvalue weighted by Crippen LogP contribution is -2.49. The van der Waals surface area contributed by atoms with Crippen LogP contribution in [0.4, 0.5) is 0 Å². The molecule has 0 aliphatic heterocycles. The average molecular weight is 240 g/mol. The van der Waals surface area contributed by atoms with Gasteiger partial charge in [-0.15, -0.1) is 0 Å². The number of hydrogen-bond donors (Lipinski definition) is 1. The third kappa shape index (κ3) is 3.96. The molecule has 1 aliphatic rings. The van der Waals surface area contributed by atoms with Gasteiger partial charge in [-0.2, -0.15) is 0 Å². The van der Waals surface area contributed by atoms with E-state index in [-0.39, 0.29) is 0 Å². The van der Waals surface area contributed by atoms with Crippen LogP contribution in [-0.4, -0.2) is 29.6 Å². The SMILES string of the molecule is CCCC(N)CN(CC)C1(C)CC[C@H](CC)C1. The van der Waals surface area contributed by atoms with Crippen molar-refractivity contribution in [3.05, 3.63) is 0 Å². The zero-order valence-corrected chi connectivity index (χ0v) is 12.3. The molecule has 3 atom stereocenters. The monoisotopic (exact) mass is 240 g/mol. The Morgan fingerprint density at radius 2 is 2.06 bits per heavy atom. The number of rotatable bonds is 7. The van der Waals surface area contributed by atoms with Crippen LogP contribution in [0.1, 0.15) is 66.2 Å².